The third-order valence-corrected chi connectivity index (χ3v) is 4.00. The number of hydrogen-bond donors (Lipinski definition) is 0. The first-order valence-corrected chi connectivity index (χ1v) is 6.69. The summed E-state index contributed by atoms with van der Waals surface area (Å²) in [5, 5.41) is 0. The summed E-state index contributed by atoms with van der Waals surface area (Å²) in [5.41, 5.74) is 0.104. The topological polar surface area (TPSA) is 18.5 Å². The lowest BCUT2D eigenvalue weighted by Gasteiger charge is -2.43. The first-order valence-electron chi connectivity index (χ1n) is 5.16. The smallest absolute Gasteiger partial charge is 0.0920 e. The lowest BCUT2D eigenvalue weighted by atomic mass is 9.84. The Hall–Kier alpha value is 0.650. The molecule has 0 aromatic heterocycles. The maximum absolute atomic E-state index is 6.13. The van der Waals surface area contributed by atoms with E-state index in [1.165, 1.54) is 32.1 Å². The van der Waals surface area contributed by atoms with Crippen molar-refractivity contribution >= 4 is 22.6 Å². The lowest BCUT2D eigenvalue weighted by molar-refractivity contribution is -0.202. The SMILES string of the molecule is ICC1COCC2(CCCCC2)O1. The van der Waals surface area contributed by atoms with Crippen LogP contribution in [0.5, 0.6) is 0 Å². The minimum Gasteiger partial charge on any atom is -0.376 e. The Morgan fingerprint density at radius 1 is 1.23 bits per heavy atom. The number of alkyl halides is 1. The number of halogens is 1. The maximum atomic E-state index is 6.13. The fourth-order valence-corrected chi connectivity index (χ4v) is 2.77. The van der Waals surface area contributed by atoms with Crippen LogP contribution in [0.3, 0.4) is 0 Å². The summed E-state index contributed by atoms with van der Waals surface area (Å²) in [6, 6.07) is 0. The van der Waals surface area contributed by atoms with Crippen LogP contribution in [0, 0.1) is 0 Å². The Bertz CT molecular complexity index is 161. The van der Waals surface area contributed by atoms with Crippen molar-refractivity contribution in [2.24, 2.45) is 0 Å². The Labute approximate surface area is 93.5 Å². The molecule has 0 aromatic carbocycles. The van der Waals surface area contributed by atoms with Gasteiger partial charge in [-0.05, 0) is 12.8 Å². The quantitative estimate of drug-likeness (QED) is 0.547. The fraction of sp³-hybridized carbons (Fsp3) is 1.00. The summed E-state index contributed by atoms with van der Waals surface area (Å²) in [5.74, 6) is 0. The van der Waals surface area contributed by atoms with Gasteiger partial charge in [-0.25, -0.2) is 0 Å². The van der Waals surface area contributed by atoms with Crippen molar-refractivity contribution in [3.63, 3.8) is 0 Å². The van der Waals surface area contributed by atoms with Gasteiger partial charge in [-0.2, -0.15) is 0 Å². The van der Waals surface area contributed by atoms with E-state index in [9.17, 15) is 0 Å². The molecule has 1 aliphatic carbocycles. The van der Waals surface area contributed by atoms with Crippen molar-refractivity contribution in [3.8, 4) is 0 Å². The summed E-state index contributed by atoms with van der Waals surface area (Å²) in [6.45, 7) is 1.63. The molecule has 3 heteroatoms. The minimum absolute atomic E-state index is 0.104. The zero-order valence-corrected chi connectivity index (χ0v) is 10.1. The van der Waals surface area contributed by atoms with Crippen molar-refractivity contribution in [2.75, 3.05) is 17.6 Å². The van der Waals surface area contributed by atoms with Crippen LogP contribution in [-0.4, -0.2) is 29.3 Å². The van der Waals surface area contributed by atoms with Gasteiger partial charge in [0.2, 0.25) is 0 Å². The van der Waals surface area contributed by atoms with Crippen LogP contribution >= 0.6 is 22.6 Å². The summed E-state index contributed by atoms with van der Waals surface area (Å²) >= 11 is 2.38. The summed E-state index contributed by atoms with van der Waals surface area (Å²) in [7, 11) is 0. The van der Waals surface area contributed by atoms with E-state index >= 15 is 0 Å². The molecule has 1 heterocycles. The standard InChI is InChI=1S/C10H17IO2/c11-6-9-7-12-8-10(13-9)4-2-1-3-5-10/h9H,1-8H2. The molecule has 0 aromatic rings. The average Bonchev–Trinajstić information content (AvgIpc) is 2.19. The second-order valence-electron chi connectivity index (χ2n) is 4.15. The number of ether oxygens (including phenoxy) is 2. The van der Waals surface area contributed by atoms with Crippen LogP contribution < -0.4 is 0 Å². The lowest BCUT2D eigenvalue weighted by Crippen LogP contribution is -2.49. The van der Waals surface area contributed by atoms with Crippen LogP contribution in [0.4, 0.5) is 0 Å². The predicted octanol–water partition coefficient (Wildman–Crippen LogP) is 2.54. The largest absolute Gasteiger partial charge is 0.376 e. The molecule has 76 valence electrons. The van der Waals surface area contributed by atoms with Gasteiger partial charge in [-0.15, -0.1) is 0 Å². The molecule has 2 aliphatic rings. The van der Waals surface area contributed by atoms with Gasteiger partial charge in [0.05, 0.1) is 24.9 Å². The van der Waals surface area contributed by atoms with E-state index in [1.54, 1.807) is 0 Å². The average molecular weight is 296 g/mol. The molecular weight excluding hydrogens is 279 g/mol. The molecule has 1 atom stereocenters. The molecule has 1 aliphatic heterocycles. The molecule has 2 rings (SSSR count). The van der Waals surface area contributed by atoms with E-state index in [0.717, 1.165) is 17.6 Å². The molecule has 0 N–H and O–H groups in total. The van der Waals surface area contributed by atoms with Gasteiger partial charge >= 0.3 is 0 Å². The van der Waals surface area contributed by atoms with Crippen LogP contribution in [0.15, 0.2) is 0 Å². The van der Waals surface area contributed by atoms with Crippen molar-refractivity contribution < 1.29 is 9.47 Å². The molecule has 1 saturated carbocycles. The highest BCUT2D eigenvalue weighted by Crippen LogP contribution is 2.35. The molecule has 1 unspecified atom stereocenters. The van der Waals surface area contributed by atoms with E-state index in [1.807, 2.05) is 0 Å². The summed E-state index contributed by atoms with van der Waals surface area (Å²) in [6.07, 6.45) is 6.77. The first kappa shape index (κ1) is 10.2. The van der Waals surface area contributed by atoms with E-state index < -0.39 is 0 Å². The molecule has 13 heavy (non-hydrogen) atoms. The third kappa shape index (κ3) is 2.36. The van der Waals surface area contributed by atoms with Crippen molar-refractivity contribution in [1.82, 2.24) is 0 Å². The van der Waals surface area contributed by atoms with Crippen molar-refractivity contribution in [1.29, 1.82) is 0 Å². The Balaban J connectivity index is 1.95. The van der Waals surface area contributed by atoms with Crippen molar-refractivity contribution in [3.05, 3.63) is 0 Å². The van der Waals surface area contributed by atoms with E-state index in [-0.39, 0.29) is 5.60 Å². The number of rotatable bonds is 1. The van der Waals surface area contributed by atoms with Gasteiger partial charge in [0, 0.05) is 4.43 Å². The van der Waals surface area contributed by atoms with Crippen molar-refractivity contribution in [2.45, 2.75) is 43.8 Å². The highest BCUT2D eigenvalue weighted by Gasteiger charge is 2.38. The normalized spacial score (nSPS) is 33.5. The molecule has 0 radical (unpaired) electrons. The van der Waals surface area contributed by atoms with Crippen LogP contribution in [0.1, 0.15) is 32.1 Å². The molecule has 0 bridgehead atoms. The summed E-state index contributed by atoms with van der Waals surface area (Å²) < 4.78 is 12.8. The van der Waals surface area contributed by atoms with Crippen LogP contribution in [0.2, 0.25) is 0 Å². The van der Waals surface area contributed by atoms with Gasteiger partial charge < -0.3 is 9.47 Å². The second kappa shape index (κ2) is 4.45. The zero-order chi connectivity index (χ0) is 9.15. The molecule has 0 amide bonds. The zero-order valence-electron chi connectivity index (χ0n) is 7.93. The molecule has 1 spiro atoms. The summed E-state index contributed by atoms with van der Waals surface area (Å²) in [4.78, 5) is 0. The molecule has 1 saturated heterocycles. The van der Waals surface area contributed by atoms with E-state index in [2.05, 4.69) is 22.6 Å². The maximum Gasteiger partial charge on any atom is 0.0920 e. The Morgan fingerprint density at radius 2 is 2.00 bits per heavy atom. The van der Waals surface area contributed by atoms with E-state index in [4.69, 9.17) is 9.47 Å². The van der Waals surface area contributed by atoms with Crippen LogP contribution in [0.25, 0.3) is 0 Å². The number of hydrogen-bond acceptors (Lipinski definition) is 2. The predicted molar refractivity (Wildman–Crippen MR) is 60.4 cm³/mol. The molecule has 2 fully saturated rings. The molecule has 2 nitrogen and oxygen atoms in total. The third-order valence-electron chi connectivity index (χ3n) is 3.02. The van der Waals surface area contributed by atoms with Gasteiger partial charge in [-0.1, -0.05) is 41.9 Å². The van der Waals surface area contributed by atoms with E-state index in [0.29, 0.717) is 6.10 Å². The van der Waals surface area contributed by atoms with Gasteiger partial charge in [0.1, 0.15) is 0 Å². The van der Waals surface area contributed by atoms with Gasteiger partial charge in [0.15, 0.2) is 0 Å². The Morgan fingerprint density at radius 3 is 2.69 bits per heavy atom. The highest BCUT2D eigenvalue weighted by atomic mass is 127. The molecular formula is C10H17IO2. The monoisotopic (exact) mass is 296 g/mol. The fourth-order valence-electron chi connectivity index (χ4n) is 2.33. The van der Waals surface area contributed by atoms with Gasteiger partial charge in [-0.3, -0.25) is 0 Å². The van der Waals surface area contributed by atoms with Gasteiger partial charge in [0.25, 0.3) is 0 Å². The van der Waals surface area contributed by atoms with Crippen LogP contribution in [-0.2, 0) is 9.47 Å². The second-order valence-corrected chi connectivity index (χ2v) is 5.03. The Kier molecular flexibility index (Phi) is 3.48. The first-order chi connectivity index (χ1) is 6.35. The minimum atomic E-state index is 0.104. The highest BCUT2D eigenvalue weighted by molar-refractivity contribution is 14.1.